The summed E-state index contributed by atoms with van der Waals surface area (Å²) in [6.07, 6.45) is 4.56. The maximum absolute atomic E-state index is 11.3. The Kier molecular flexibility index (Phi) is 4.70. The molecule has 1 rings (SSSR count). The summed E-state index contributed by atoms with van der Waals surface area (Å²) in [5.74, 6) is -0.0494. The molecule has 15 heavy (non-hydrogen) atoms. The minimum atomic E-state index is -0.0494. The van der Waals surface area contributed by atoms with Gasteiger partial charge in [0.15, 0.2) is 0 Å². The van der Waals surface area contributed by atoms with E-state index in [1.165, 1.54) is 0 Å². The van der Waals surface area contributed by atoms with Crippen LogP contribution in [0.3, 0.4) is 0 Å². The van der Waals surface area contributed by atoms with Crippen LogP contribution < -0.4 is 11.1 Å². The van der Waals surface area contributed by atoms with Gasteiger partial charge in [0.25, 0.3) is 0 Å². The summed E-state index contributed by atoms with van der Waals surface area (Å²) in [5.41, 5.74) is 6.30. The van der Waals surface area contributed by atoms with E-state index in [0.29, 0.717) is 17.8 Å². The van der Waals surface area contributed by atoms with Crippen molar-refractivity contribution < 1.29 is 4.79 Å². The fourth-order valence-electron chi connectivity index (χ4n) is 1.08. The Balaban J connectivity index is 2.26. The first-order chi connectivity index (χ1) is 7.18. The van der Waals surface area contributed by atoms with Gasteiger partial charge in [-0.25, -0.2) is 0 Å². The Morgan fingerprint density at radius 3 is 3.00 bits per heavy atom. The summed E-state index contributed by atoms with van der Waals surface area (Å²) in [7, 11) is 0. The number of pyridine rings is 1. The van der Waals surface area contributed by atoms with Crippen LogP contribution in [0.2, 0.25) is 0 Å². The molecule has 0 fully saturated rings. The van der Waals surface area contributed by atoms with Gasteiger partial charge in [-0.2, -0.15) is 0 Å². The largest absolute Gasteiger partial charge is 0.392 e. The molecular formula is C10H13N3OS. The summed E-state index contributed by atoms with van der Waals surface area (Å²) in [6, 6.07) is 3.79. The molecule has 1 amide bonds. The number of nitrogens with one attached hydrogen (secondary N) is 1. The number of thiocarbonyl (C=S) groups is 1. The summed E-state index contributed by atoms with van der Waals surface area (Å²) >= 11 is 4.64. The van der Waals surface area contributed by atoms with Crippen molar-refractivity contribution in [3.63, 3.8) is 0 Å². The highest BCUT2D eigenvalue weighted by atomic mass is 32.1. The van der Waals surface area contributed by atoms with Gasteiger partial charge in [-0.15, -0.1) is 0 Å². The van der Waals surface area contributed by atoms with Crippen LogP contribution in [0.4, 0.5) is 0 Å². The van der Waals surface area contributed by atoms with Crippen molar-refractivity contribution in [1.29, 1.82) is 0 Å². The van der Waals surface area contributed by atoms with E-state index in [2.05, 4.69) is 22.5 Å². The standard InChI is InChI=1S/C10H13N3OS/c11-9(15)7-13-10(14)4-3-8-2-1-5-12-6-8/h1-2,5-6H,3-4,7H2,(H2,11,15)(H,13,14). The molecule has 0 saturated heterocycles. The lowest BCUT2D eigenvalue weighted by Crippen LogP contribution is -2.32. The van der Waals surface area contributed by atoms with Gasteiger partial charge in [0.05, 0.1) is 11.5 Å². The number of hydrogen-bond acceptors (Lipinski definition) is 3. The Hall–Kier alpha value is -1.49. The molecule has 0 atom stereocenters. The van der Waals surface area contributed by atoms with Gasteiger partial charge >= 0.3 is 0 Å². The molecule has 0 aliphatic carbocycles. The van der Waals surface area contributed by atoms with Gasteiger partial charge in [-0.3, -0.25) is 9.78 Å². The Morgan fingerprint density at radius 1 is 1.60 bits per heavy atom. The van der Waals surface area contributed by atoms with Crippen molar-refractivity contribution in [1.82, 2.24) is 10.3 Å². The molecule has 0 aliphatic rings. The van der Waals surface area contributed by atoms with E-state index in [0.717, 1.165) is 5.56 Å². The maximum atomic E-state index is 11.3. The molecule has 0 bridgehead atoms. The zero-order valence-corrected chi connectivity index (χ0v) is 9.09. The first kappa shape index (κ1) is 11.6. The second kappa shape index (κ2) is 6.08. The average molecular weight is 223 g/mol. The van der Waals surface area contributed by atoms with E-state index in [9.17, 15) is 4.79 Å². The third-order valence-electron chi connectivity index (χ3n) is 1.82. The minimum absolute atomic E-state index is 0.0494. The molecule has 0 spiro atoms. The predicted octanol–water partition coefficient (Wildman–Crippen LogP) is 0.416. The second-order valence-electron chi connectivity index (χ2n) is 3.10. The average Bonchev–Trinajstić information content (AvgIpc) is 2.25. The van der Waals surface area contributed by atoms with E-state index in [4.69, 9.17) is 5.73 Å². The van der Waals surface area contributed by atoms with E-state index in [-0.39, 0.29) is 12.5 Å². The molecule has 3 N–H and O–H groups in total. The summed E-state index contributed by atoms with van der Waals surface area (Å²) in [5, 5.41) is 2.63. The van der Waals surface area contributed by atoms with Gasteiger partial charge in [0.1, 0.15) is 0 Å². The van der Waals surface area contributed by atoms with E-state index < -0.39 is 0 Å². The molecule has 1 aromatic rings. The number of rotatable bonds is 5. The molecule has 5 heteroatoms. The topological polar surface area (TPSA) is 68.0 Å². The van der Waals surface area contributed by atoms with Gasteiger partial charge < -0.3 is 11.1 Å². The fraction of sp³-hybridized carbons (Fsp3) is 0.300. The smallest absolute Gasteiger partial charge is 0.220 e. The zero-order chi connectivity index (χ0) is 11.1. The van der Waals surface area contributed by atoms with Crippen molar-refractivity contribution in [3.05, 3.63) is 30.1 Å². The van der Waals surface area contributed by atoms with Gasteiger partial charge in [0, 0.05) is 18.8 Å². The highest BCUT2D eigenvalue weighted by molar-refractivity contribution is 7.80. The Labute approximate surface area is 93.9 Å². The lowest BCUT2D eigenvalue weighted by Gasteiger charge is -2.03. The van der Waals surface area contributed by atoms with Crippen molar-refractivity contribution in [2.75, 3.05) is 6.54 Å². The van der Waals surface area contributed by atoms with Gasteiger partial charge in [-0.1, -0.05) is 18.3 Å². The molecule has 0 radical (unpaired) electrons. The van der Waals surface area contributed by atoms with Crippen LogP contribution in [0.25, 0.3) is 0 Å². The number of aryl methyl sites for hydroxylation is 1. The highest BCUT2D eigenvalue weighted by Gasteiger charge is 2.01. The van der Waals surface area contributed by atoms with E-state index in [1.54, 1.807) is 12.4 Å². The first-order valence-electron chi connectivity index (χ1n) is 4.62. The minimum Gasteiger partial charge on any atom is -0.392 e. The van der Waals surface area contributed by atoms with Gasteiger partial charge in [-0.05, 0) is 18.1 Å². The maximum Gasteiger partial charge on any atom is 0.220 e. The fourth-order valence-corrected chi connectivity index (χ4v) is 1.15. The van der Waals surface area contributed by atoms with E-state index in [1.807, 2.05) is 12.1 Å². The zero-order valence-electron chi connectivity index (χ0n) is 8.27. The van der Waals surface area contributed by atoms with Crippen LogP contribution >= 0.6 is 12.2 Å². The molecule has 80 valence electrons. The predicted molar refractivity (Wildman–Crippen MR) is 62.4 cm³/mol. The van der Waals surface area contributed by atoms with Crippen LogP contribution in [0.5, 0.6) is 0 Å². The summed E-state index contributed by atoms with van der Waals surface area (Å²) in [6.45, 7) is 0.265. The van der Waals surface area contributed by atoms with Crippen molar-refractivity contribution in [3.8, 4) is 0 Å². The molecular weight excluding hydrogens is 210 g/mol. The Morgan fingerprint density at radius 2 is 2.40 bits per heavy atom. The SMILES string of the molecule is NC(=S)CNC(=O)CCc1cccnc1. The van der Waals surface area contributed by atoms with Crippen molar-refractivity contribution >= 4 is 23.1 Å². The number of nitrogens with zero attached hydrogens (tertiary/aromatic N) is 1. The number of hydrogen-bond donors (Lipinski definition) is 2. The van der Waals surface area contributed by atoms with Crippen LogP contribution in [0.1, 0.15) is 12.0 Å². The van der Waals surface area contributed by atoms with E-state index >= 15 is 0 Å². The van der Waals surface area contributed by atoms with Gasteiger partial charge in [0.2, 0.25) is 5.91 Å². The van der Waals surface area contributed by atoms with Crippen LogP contribution in [-0.2, 0) is 11.2 Å². The molecule has 0 aliphatic heterocycles. The van der Waals surface area contributed by atoms with Crippen molar-refractivity contribution in [2.24, 2.45) is 5.73 Å². The lowest BCUT2D eigenvalue weighted by molar-refractivity contribution is -0.120. The third kappa shape index (κ3) is 5.07. The molecule has 0 aromatic carbocycles. The third-order valence-corrected chi connectivity index (χ3v) is 1.97. The second-order valence-corrected chi connectivity index (χ2v) is 3.63. The first-order valence-corrected chi connectivity index (χ1v) is 5.03. The van der Waals surface area contributed by atoms with Crippen LogP contribution in [0, 0.1) is 0 Å². The van der Waals surface area contributed by atoms with Crippen LogP contribution in [-0.4, -0.2) is 22.4 Å². The molecule has 0 unspecified atom stereocenters. The number of nitrogens with two attached hydrogens (primary N) is 1. The quantitative estimate of drug-likeness (QED) is 0.710. The van der Waals surface area contributed by atoms with Crippen LogP contribution in [0.15, 0.2) is 24.5 Å². The monoisotopic (exact) mass is 223 g/mol. The normalized spacial score (nSPS) is 9.60. The Bertz CT molecular complexity index is 340. The molecule has 0 saturated carbocycles. The summed E-state index contributed by atoms with van der Waals surface area (Å²) < 4.78 is 0. The molecule has 1 heterocycles. The molecule has 1 aromatic heterocycles. The molecule has 4 nitrogen and oxygen atoms in total. The summed E-state index contributed by atoms with van der Waals surface area (Å²) in [4.78, 5) is 15.5. The van der Waals surface area contributed by atoms with Crippen molar-refractivity contribution in [2.45, 2.75) is 12.8 Å². The number of aromatic nitrogens is 1. The lowest BCUT2D eigenvalue weighted by atomic mass is 10.1. The number of carbonyl (C=O) groups is 1. The number of amides is 1. The highest BCUT2D eigenvalue weighted by Crippen LogP contribution is 1.99. The number of carbonyl (C=O) groups excluding carboxylic acids is 1.